The van der Waals surface area contributed by atoms with Crippen molar-refractivity contribution in [1.82, 2.24) is 0 Å². The molecule has 78 valence electrons. The van der Waals surface area contributed by atoms with Gasteiger partial charge >= 0.3 is 0 Å². The summed E-state index contributed by atoms with van der Waals surface area (Å²) < 4.78 is 5.07. The van der Waals surface area contributed by atoms with Crippen LogP contribution >= 0.6 is 0 Å². The van der Waals surface area contributed by atoms with Crippen LogP contribution in [0.5, 0.6) is 5.75 Å². The predicted molar refractivity (Wildman–Crippen MR) is 58.6 cm³/mol. The highest BCUT2D eigenvalue weighted by Gasteiger charge is 2.14. The minimum absolute atomic E-state index is 0.274. The molecule has 0 aromatic heterocycles. The number of ketones is 1. The molecule has 3 heteroatoms. The Labute approximate surface area is 88.8 Å². The first kappa shape index (κ1) is 9.90. The van der Waals surface area contributed by atoms with Gasteiger partial charge in [0.1, 0.15) is 11.5 Å². The van der Waals surface area contributed by atoms with Crippen molar-refractivity contribution in [3.63, 3.8) is 0 Å². The van der Waals surface area contributed by atoms with Crippen LogP contribution in [0.1, 0.15) is 18.4 Å². The molecule has 0 spiro atoms. The third kappa shape index (κ3) is 2.24. The highest BCUT2D eigenvalue weighted by molar-refractivity contribution is 6.12. The molecule has 1 aliphatic heterocycles. The Hall–Kier alpha value is -1.64. The summed E-state index contributed by atoms with van der Waals surface area (Å²) in [4.78, 5) is 15.6. The molecule has 0 N–H and O–H groups in total. The number of ether oxygens (including phenoxy) is 1. The lowest BCUT2D eigenvalue weighted by Gasteiger charge is -2.11. The Bertz CT molecular complexity index is 393. The standard InChI is InChI=1S/C12H13NO2/c1-15-11-4-2-9(3-5-11)12-8-10(14)6-7-13-12/h2-5H,6-8H2,1H3. The maximum absolute atomic E-state index is 11.3. The van der Waals surface area contributed by atoms with E-state index in [0.717, 1.165) is 17.0 Å². The SMILES string of the molecule is COc1ccc(C2=NCCC(=O)C2)cc1. The smallest absolute Gasteiger partial charge is 0.140 e. The van der Waals surface area contributed by atoms with Gasteiger partial charge in [-0.3, -0.25) is 9.79 Å². The normalized spacial score (nSPS) is 16.1. The van der Waals surface area contributed by atoms with E-state index in [2.05, 4.69) is 4.99 Å². The molecule has 0 atom stereocenters. The van der Waals surface area contributed by atoms with Crippen molar-refractivity contribution in [2.75, 3.05) is 13.7 Å². The minimum atomic E-state index is 0.274. The minimum Gasteiger partial charge on any atom is -0.497 e. The van der Waals surface area contributed by atoms with Crippen LogP contribution in [0.15, 0.2) is 29.3 Å². The van der Waals surface area contributed by atoms with Crippen molar-refractivity contribution in [2.45, 2.75) is 12.8 Å². The molecular weight excluding hydrogens is 190 g/mol. The molecule has 1 heterocycles. The van der Waals surface area contributed by atoms with Crippen LogP contribution < -0.4 is 4.74 Å². The van der Waals surface area contributed by atoms with Crippen LogP contribution in [0.25, 0.3) is 0 Å². The first-order valence-electron chi connectivity index (χ1n) is 4.99. The zero-order chi connectivity index (χ0) is 10.7. The lowest BCUT2D eigenvalue weighted by Crippen LogP contribution is -2.16. The third-order valence-corrected chi connectivity index (χ3v) is 2.48. The summed E-state index contributed by atoms with van der Waals surface area (Å²) in [5.41, 5.74) is 1.91. The van der Waals surface area contributed by atoms with Crippen molar-refractivity contribution in [3.8, 4) is 5.75 Å². The van der Waals surface area contributed by atoms with Gasteiger partial charge in [0.2, 0.25) is 0 Å². The lowest BCUT2D eigenvalue weighted by molar-refractivity contribution is -0.117. The zero-order valence-corrected chi connectivity index (χ0v) is 8.69. The summed E-state index contributed by atoms with van der Waals surface area (Å²) in [6, 6.07) is 7.65. The number of rotatable bonds is 2. The Kier molecular flexibility index (Phi) is 2.81. The van der Waals surface area contributed by atoms with Gasteiger partial charge in [0.25, 0.3) is 0 Å². The van der Waals surface area contributed by atoms with E-state index in [1.807, 2.05) is 24.3 Å². The maximum Gasteiger partial charge on any atom is 0.140 e. The summed E-state index contributed by atoms with van der Waals surface area (Å²) >= 11 is 0. The van der Waals surface area contributed by atoms with Crippen molar-refractivity contribution in [2.24, 2.45) is 4.99 Å². The first-order valence-corrected chi connectivity index (χ1v) is 4.99. The van der Waals surface area contributed by atoms with Gasteiger partial charge in [-0.05, 0) is 29.8 Å². The van der Waals surface area contributed by atoms with Crippen molar-refractivity contribution in [3.05, 3.63) is 29.8 Å². The van der Waals surface area contributed by atoms with E-state index in [-0.39, 0.29) is 5.78 Å². The van der Waals surface area contributed by atoms with Crippen molar-refractivity contribution in [1.29, 1.82) is 0 Å². The molecular formula is C12H13NO2. The zero-order valence-electron chi connectivity index (χ0n) is 8.69. The van der Waals surface area contributed by atoms with Crippen LogP contribution in [0.2, 0.25) is 0 Å². The summed E-state index contributed by atoms with van der Waals surface area (Å²) in [5, 5.41) is 0. The van der Waals surface area contributed by atoms with Crippen molar-refractivity contribution < 1.29 is 9.53 Å². The number of hydrogen-bond acceptors (Lipinski definition) is 3. The average Bonchev–Trinajstić information content (AvgIpc) is 2.29. The van der Waals surface area contributed by atoms with Crippen LogP contribution in [0.4, 0.5) is 0 Å². The van der Waals surface area contributed by atoms with Gasteiger partial charge in [0.15, 0.2) is 0 Å². The van der Waals surface area contributed by atoms with E-state index in [9.17, 15) is 4.79 Å². The Morgan fingerprint density at radius 3 is 2.60 bits per heavy atom. The van der Waals surface area contributed by atoms with E-state index in [1.165, 1.54) is 0 Å². The molecule has 0 unspecified atom stereocenters. The van der Waals surface area contributed by atoms with Crippen LogP contribution in [-0.2, 0) is 4.79 Å². The largest absolute Gasteiger partial charge is 0.497 e. The molecule has 0 radical (unpaired) electrons. The Balaban J connectivity index is 2.22. The number of nitrogens with zero attached hydrogens (tertiary/aromatic N) is 1. The summed E-state index contributed by atoms with van der Waals surface area (Å²) in [6.07, 6.45) is 1.05. The van der Waals surface area contributed by atoms with E-state index >= 15 is 0 Å². The fourth-order valence-electron chi connectivity index (χ4n) is 1.62. The van der Waals surface area contributed by atoms with Gasteiger partial charge in [-0.25, -0.2) is 0 Å². The second-order valence-corrected chi connectivity index (χ2v) is 3.52. The third-order valence-electron chi connectivity index (χ3n) is 2.48. The summed E-state index contributed by atoms with van der Waals surface area (Å²) in [7, 11) is 1.64. The molecule has 0 saturated heterocycles. The Morgan fingerprint density at radius 1 is 1.27 bits per heavy atom. The number of carbonyl (C=O) groups is 1. The van der Waals surface area contributed by atoms with Crippen LogP contribution in [0, 0.1) is 0 Å². The van der Waals surface area contributed by atoms with Gasteiger partial charge in [0.05, 0.1) is 7.11 Å². The molecule has 0 saturated carbocycles. The fraction of sp³-hybridized carbons (Fsp3) is 0.333. The highest BCUT2D eigenvalue weighted by Crippen LogP contribution is 2.15. The second kappa shape index (κ2) is 4.26. The number of hydrogen-bond donors (Lipinski definition) is 0. The number of carbonyl (C=O) groups excluding carboxylic acids is 1. The van der Waals surface area contributed by atoms with Gasteiger partial charge < -0.3 is 4.74 Å². The van der Waals surface area contributed by atoms with Crippen LogP contribution in [0.3, 0.4) is 0 Å². The molecule has 0 bridgehead atoms. The highest BCUT2D eigenvalue weighted by atomic mass is 16.5. The van der Waals surface area contributed by atoms with Crippen molar-refractivity contribution >= 4 is 11.5 Å². The molecule has 0 aliphatic carbocycles. The molecule has 1 aromatic carbocycles. The van der Waals surface area contributed by atoms with Crippen LogP contribution in [-0.4, -0.2) is 25.1 Å². The van der Waals surface area contributed by atoms with E-state index in [0.29, 0.717) is 19.4 Å². The number of aliphatic imine (C=N–C) groups is 1. The lowest BCUT2D eigenvalue weighted by atomic mass is 10.0. The molecule has 15 heavy (non-hydrogen) atoms. The summed E-state index contributed by atoms with van der Waals surface area (Å²) in [6.45, 7) is 0.625. The second-order valence-electron chi connectivity index (χ2n) is 3.52. The molecule has 1 aliphatic rings. The maximum atomic E-state index is 11.3. The molecule has 0 amide bonds. The monoisotopic (exact) mass is 203 g/mol. The van der Waals surface area contributed by atoms with Gasteiger partial charge in [-0.1, -0.05) is 0 Å². The van der Waals surface area contributed by atoms with E-state index < -0.39 is 0 Å². The van der Waals surface area contributed by atoms with E-state index in [4.69, 9.17) is 4.74 Å². The average molecular weight is 203 g/mol. The molecule has 2 rings (SSSR count). The Morgan fingerprint density at radius 2 is 2.00 bits per heavy atom. The van der Waals surface area contributed by atoms with Gasteiger partial charge in [-0.15, -0.1) is 0 Å². The molecule has 3 nitrogen and oxygen atoms in total. The van der Waals surface area contributed by atoms with Gasteiger partial charge in [0, 0.05) is 25.1 Å². The predicted octanol–water partition coefficient (Wildman–Crippen LogP) is 1.85. The summed E-state index contributed by atoms with van der Waals surface area (Å²) in [5.74, 6) is 1.09. The first-order chi connectivity index (χ1) is 7.29. The number of methoxy groups -OCH3 is 1. The number of Topliss-reactive ketones (excluding diaryl/α,β-unsaturated/α-hetero) is 1. The topological polar surface area (TPSA) is 38.7 Å². The fourth-order valence-corrected chi connectivity index (χ4v) is 1.62. The van der Waals surface area contributed by atoms with E-state index in [1.54, 1.807) is 7.11 Å². The number of benzene rings is 1. The molecule has 0 fully saturated rings. The molecule has 1 aromatic rings. The van der Waals surface area contributed by atoms with Gasteiger partial charge in [-0.2, -0.15) is 0 Å². The quantitative estimate of drug-likeness (QED) is 0.735.